The van der Waals surface area contributed by atoms with E-state index in [0.29, 0.717) is 12.3 Å². The molecule has 0 aliphatic rings. The molecule has 0 saturated heterocycles. The molecule has 0 atom stereocenters. The van der Waals surface area contributed by atoms with Gasteiger partial charge in [-0.25, -0.2) is 0 Å². The van der Waals surface area contributed by atoms with E-state index >= 15 is 0 Å². The van der Waals surface area contributed by atoms with Crippen LogP contribution >= 0.6 is 11.6 Å². The molecule has 0 spiro atoms. The summed E-state index contributed by atoms with van der Waals surface area (Å²) < 4.78 is 0. The van der Waals surface area contributed by atoms with E-state index in [-0.39, 0.29) is 5.91 Å². The Labute approximate surface area is 73.5 Å². The van der Waals surface area contributed by atoms with E-state index in [9.17, 15) is 4.79 Å². The lowest BCUT2D eigenvalue weighted by molar-refractivity contribution is -0.129. The van der Waals surface area contributed by atoms with Crippen molar-refractivity contribution in [1.82, 2.24) is 4.90 Å². The highest BCUT2D eigenvalue weighted by Crippen LogP contribution is 1.97. The molecule has 2 nitrogen and oxygen atoms in total. The molecule has 0 heterocycles. The average molecular weight is 178 g/mol. The van der Waals surface area contributed by atoms with Gasteiger partial charge in [-0.1, -0.05) is 6.92 Å². The Balaban J connectivity index is 3.47. The first-order valence-corrected chi connectivity index (χ1v) is 4.55. The van der Waals surface area contributed by atoms with E-state index in [1.807, 2.05) is 7.05 Å². The van der Waals surface area contributed by atoms with Gasteiger partial charge in [0, 0.05) is 25.9 Å². The molecular weight excluding hydrogens is 162 g/mol. The molecule has 0 fully saturated rings. The maximum atomic E-state index is 11.2. The summed E-state index contributed by atoms with van der Waals surface area (Å²) in [5.41, 5.74) is 0. The molecular formula is C8H16ClNO. The summed E-state index contributed by atoms with van der Waals surface area (Å²) in [5.74, 6) is 0.776. The van der Waals surface area contributed by atoms with Crippen LogP contribution in [0.25, 0.3) is 0 Å². The summed E-state index contributed by atoms with van der Waals surface area (Å²) in [6, 6.07) is 0. The largest absolute Gasteiger partial charge is 0.346 e. The van der Waals surface area contributed by atoms with E-state index in [1.54, 1.807) is 4.90 Å². The van der Waals surface area contributed by atoms with Gasteiger partial charge in [0.1, 0.15) is 0 Å². The Morgan fingerprint density at radius 1 is 1.55 bits per heavy atom. The molecule has 0 bridgehead atoms. The maximum absolute atomic E-state index is 11.2. The van der Waals surface area contributed by atoms with Gasteiger partial charge in [-0.15, -0.1) is 11.6 Å². The van der Waals surface area contributed by atoms with Gasteiger partial charge in [0.05, 0.1) is 0 Å². The normalized spacial score (nSPS) is 9.73. The first kappa shape index (κ1) is 10.8. The van der Waals surface area contributed by atoms with Crippen LogP contribution in [0.2, 0.25) is 0 Å². The molecule has 0 aromatic heterocycles. The highest BCUT2D eigenvalue weighted by atomic mass is 35.5. The number of halogens is 1. The van der Waals surface area contributed by atoms with Crippen LogP contribution in [0.4, 0.5) is 0 Å². The quantitative estimate of drug-likeness (QED) is 0.588. The predicted molar refractivity (Wildman–Crippen MR) is 47.9 cm³/mol. The second-order valence-electron chi connectivity index (χ2n) is 2.61. The number of amides is 1. The lowest BCUT2D eigenvalue weighted by Crippen LogP contribution is -2.27. The smallest absolute Gasteiger partial charge is 0.222 e. The van der Waals surface area contributed by atoms with Crippen molar-refractivity contribution in [2.45, 2.75) is 26.2 Å². The number of carbonyl (C=O) groups is 1. The van der Waals surface area contributed by atoms with Crippen LogP contribution < -0.4 is 0 Å². The van der Waals surface area contributed by atoms with Crippen molar-refractivity contribution >= 4 is 17.5 Å². The zero-order valence-electron chi connectivity index (χ0n) is 7.27. The number of nitrogens with zero attached hydrogens (tertiary/aromatic N) is 1. The third-order valence-corrected chi connectivity index (χ3v) is 1.78. The predicted octanol–water partition coefficient (Wildman–Crippen LogP) is 1.87. The van der Waals surface area contributed by atoms with Crippen molar-refractivity contribution in [3.63, 3.8) is 0 Å². The molecule has 66 valence electrons. The minimum Gasteiger partial charge on any atom is -0.346 e. The Kier molecular flexibility index (Phi) is 6.33. The monoisotopic (exact) mass is 177 g/mol. The molecule has 0 unspecified atom stereocenters. The average Bonchev–Trinajstić information content (AvgIpc) is 2.00. The number of hydrogen-bond donors (Lipinski definition) is 0. The van der Waals surface area contributed by atoms with E-state index in [2.05, 4.69) is 6.92 Å². The van der Waals surface area contributed by atoms with Gasteiger partial charge >= 0.3 is 0 Å². The first-order chi connectivity index (χ1) is 5.22. The lowest BCUT2D eigenvalue weighted by atomic mass is 10.3. The molecule has 0 aromatic rings. The summed E-state index contributed by atoms with van der Waals surface area (Å²) in [5, 5.41) is 0. The number of carbonyl (C=O) groups excluding carboxylic acids is 1. The third kappa shape index (κ3) is 5.08. The van der Waals surface area contributed by atoms with E-state index in [0.717, 1.165) is 19.4 Å². The Morgan fingerprint density at radius 3 is 2.64 bits per heavy atom. The zero-order chi connectivity index (χ0) is 8.69. The van der Waals surface area contributed by atoms with Crippen LogP contribution in [0.3, 0.4) is 0 Å². The molecule has 0 N–H and O–H groups in total. The van der Waals surface area contributed by atoms with Crippen LogP contribution in [-0.4, -0.2) is 30.3 Å². The molecule has 3 heteroatoms. The zero-order valence-corrected chi connectivity index (χ0v) is 8.02. The summed E-state index contributed by atoms with van der Waals surface area (Å²) >= 11 is 5.46. The molecule has 1 amide bonds. The van der Waals surface area contributed by atoms with Gasteiger partial charge in [-0.05, 0) is 12.8 Å². The summed E-state index contributed by atoms with van der Waals surface area (Å²) in [6.45, 7) is 2.91. The van der Waals surface area contributed by atoms with E-state index in [4.69, 9.17) is 11.6 Å². The van der Waals surface area contributed by atoms with Crippen LogP contribution in [-0.2, 0) is 4.79 Å². The van der Waals surface area contributed by atoms with Crippen molar-refractivity contribution in [3.05, 3.63) is 0 Å². The molecule has 0 saturated carbocycles. The van der Waals surface area contributed by atoms with E-state index in [1.165, 1.54) is 0 Å². The van der Waals surface area contributed by atoms with Crippen molar-refractivity contribution in [3.8, 4) is 0 Å². The second kappa shape index (κ2) is 6.47. The van der Waals surface area contributed by atoms with Gasteiger partial charge in [-0.2, -0.15) is 0 Å². The Hall–Kier alpha value is -0.240. The van der Waals surface area contributed by atoms with Crippen molar-refractivity contribution in [2.75, 3.05) is 19.5 Å². The molecule has 0 aliphatic carbocycles. The first-order valence-electron chi connectivity index (χ1n) is 4.02. The molecule has 0 rings (SSSR count). The summed E-state index contributed by atoms with van der Waals surface area (Å²) in [6.07, 6.45) is 2.39. The molecule has 11 heavy (non-hydrogen) atoms. The fourth-order valence-electron chi connectivity index (χ4n) is 0.869. The summed E-state index contributed by atoms with van der Waals surface area (Å²) in [7, 11) is 1.83. The number of hydrogen-bond acceptors (Lipinski definition) is 1. The highest BCUT2D eigenvalue weighted by molar-refractivity contribution is 6.17. The third-order valence-electron chi connectivity index (χ3n) is 1.51. The van der Waals surface area contributed by atoms with Crippen LogP contribution in [0.15, 0.2) is 0 Å². The lowest BCUT2D eigenvalue weighted by Gasteiger charge is -2.15. The van der Waals surface area contributed by atoms with Gasteiger partial charge < -0.3 is 4.90 Å². The van der Waals surface area contributed by atoms with Gasteiger partial charge in [0.15, 0.2) is 0 Å². The van der Waals surface area contributed by atoms with Crippen molar-refractivity contribution in [2.24, 2.45) is 0 Å². The molecule has 0 aliphatic heterocycles. The maximum Gasteiger partial charge on any atom is 0.222 e. The highest BCUT2D eigenvalue weighted by Gasteiger charge is 2.05. The fraction of sp³-hybridized carbons (Fsp3) is 0.875. The van der Waals surface area contributed by atoms with Crippen LogP contribution in [0.1, 0.15) is 26.2 Å². The standard InChI is InChI=1S/C8H16ClNO/c1-3-7-10(2)8(11)5-4-6-9/h3-7H2,1-2H3. The second-order valence-corrected chi connectivity index (χ2v) is 2.99. The van der Waals surface area contributed by atoms with Crippen molar-refractivity contribution < 1.29 is 4.79 Å². The van der Waals surface area contributed by atoms with Crippen molar-refractivity contribution in [1.29, 1.82) is 0 Å². The molecule has 0 aromatic carbocycles. The number of rotatable bonds is 5. The fourth-order valence-corrected chi connectivity index (χ4v) is 1.00. The topological polar surface area (TPSA) is 20.3 Å². The SMILES string of the molecule is CCCN(C)C(=O)CCCCl. The minimum atomic E-state index is 0.201. The van der Waals surface area contributed by atoms with Gasteiger partial charge in [0.2, 0.25) is 5.91 Å². The Bertz CT molecular complexity index is 117. The molecule has 0 radical (unpaired) electrons. The van der Waals surface area contributed by atoms with Gasteiger partial charge in [-0.3, -0.25) is 4.79 Å². The summed E-state index contributed by atoms with van der Waals surface area (Å²) in [4.78, 5) is 12.9. The van der Waals surface area contributed by atoms with E-state index < -0.39 is 0 Å². The van der Waals surface area contributed by atoms with Crippen LogP contribution in [0, 0.1) is 0 Å². The minimum absolute atomic E-state index is 0.201. The Morgan fingerprint density at radius 2 is 2.18 bits per heavy atom. The number of alkyl halides is 1. The van der Waals surface area contributed by atoms with Gasteiger partial charge in [0.25, 0.3) is 0 Å². The van der Waals surface area contributed by atoms with Crippen LogP contribution in [0.5, 0.6) is 0 Å².